The molecule has 164 valence electrons. The maximum atomic E-state index is 12.1. The SMILES string of the molecule is COc1cc(-c2noc(CSc3nc(-c4ccccc4)cc(=O)[nH]3)n2)cc(OC)c1OC. The van der Waals surface area contributed by atoms with E-state index < -0.39 is 0 Å². The molecule has 32 heavy (non-hydrogen) atoms. The Morgan fingerprint density at radius 3 is 2.31 bits per heavy atom. The van der Waals surface area contributed by atoms with Gasteiger partial charge >= 0.3 is 0 Å². The Hall–Kier alpha value is -3.79. The fraction of sp³-hybridized carbons (Fsp3) is 0.182. The van der Waals surface area contributed by atoms with Crippen LogP contribution in [-0.4, -0.2) is 41.4 Å². The van der Waals surface area contributed by atoms with Crippen molar-refractivity contribution in [3.05, 3.63) is 64.8 Å². The standard InChI is InChI=1S/C22H20N4O5S/c1-28-16-9-14(10-17(29-2)20(16)30-3)21-25-19(31-26-21)12-32-22-23-15(11-18(27)24-22)13-7-5-4-6-8-13/h4-11H,12H2,1-3H3,(H,23,24,27). The Bertz CT molecular complexity index is 1250. The molecule has 0 fully saturated rings. The van der Waals surface area contributed by atoms with E-state index in [4.69, 9.17) is 18.7 Å². The van der Waals surface area contributed by atoms with E-state index in [1.807, 2.05) is 30.3 Å². The summed E-state index contributed by atoms with van der Waals surface area (Å²) in [6, 6.07) is 14.5. The topological polar surface area (TPSA) is 112 Å². The molecule has 0 radical (unpaired) electrons. The van der Waals surface area contributed by atoms with E-state index in [-0.39, 0.29) is 5.56 Å². The van der Waals surface area contributed by atoms with Crippen LogP contribution in [0.4, 0.5) is 0 Å². The molecule has 10 heteroatoms. The van der Waals surface area contributed by atoms with Crippen LogP contribution in [0.5, 0.6) is 17.2 Å². The Labute approximate surface area is 187 Å². The summed E-state index contributed by atoms with van der Waals surface area (Å²) in [5.74, 6) is 2.54. The molecule has 2 heterocycles. The minimum absolute atomic E-state index is 0.231. The average Bonchev–Trinajstić information content (AvgIpc) is 3.31. The molecular formula is C22H20N4O5S. The van der Waals surface area contributed by atoms with E-state index in [2.05, 4.69) is 20.1 Å². The molecule has 2 aromatic heterocycles. The summed E-state index contributed by atoms with van der Waals surface area (Å²) >= 11 is 1.29. The zero-order valence-electron chi connectivity index (χ0n) is 17.6. The minimum atomic E-state index is -0.231. The lowest BCUT2D eigenvalue weighted by Gasteiger charge is -2.12. The molecule has 4 rings (SSSR count). The van der Waals surface area contributed by atoms with Gasteiger partial charge in [-0.05, 0) is 12.1 Å². The van der Waals surface area contributed by atoms with Crippen LogP contribution in [-0.2, 0) is 5.75 Å². The third kappa shape index (κ3) is 4.59. The number of benzene rings is 2. The van der Waals surface area contributed by atoms with Crippen molar-refractivity contribution in [2.45, 2.75) is 10.9 Å². The lowest BCUT2D eigenvalue weighted by molar-refractivity contribution is 0.324. The predicted octanol–water partition coefficient (Wildman–Crippen LogP) is 3.81. The molecule has 4 aromatic rings. The minimum Gasteiger partial charge on any atom is -0.493 e. The lowest BCUT2D eigenvalue weighted by Crippen LogP contribution is -2.08. The first kappa shape index (κ1) is 21.4. The molecule has 0 saturated carbocycles. The highest BCUT2D eigenvalue weighted by Crippen LogP contribution is 2.40. The van der Waals surface area contributed by atoms with Crippen molar-refractivity contribution in [1.82, 2.24) is 20.1 Å². The average molecular weight is 452 g/mol. The molecule has 2 aromatic carbocycles. The van der Waals surface area contributed by atoms with Gasteiger partial charge in [-0.3, -0.25) is 4.79 Å². The summed E-state index contributed by atoms with van der Waals surface area (Å²) in [6.45, 7) is 0. The Morgan fingerprint density at radius 2 is 1.66 bits per heavy atom. The third-order valence-corrected chi connectivity index (χ3v) is 5.37. The molecule has 0 saturated heterocycles. The Balaban J connectivity index is 1.54. The summed E-state index contributed by atoms with van der Waals surface area (Å²) in [6.07, 6.45) is 0. The smallest absolute Gasteiger partial charge is 0.252 e. The highest BCUT2D eigenvalue weighted by atomic mass is 32.2. The van der Waals surface area contributed by atoms with Gasteiger partial charge in [0.1, 0.15) is 0 Å². The number of methoxy groups -OCH3 is 3. The summed E-state index contributed by atoms with van der Waals surface area (Å²) < 4.78 is 21.5. The van der Waals surface area contributed by atoms with Crippen LogP contribution in [0.1, 0.15) is 5.89 Å². The van der Waals surface area contributed by atoms with Crippen LogP contribution in [0, 0.1) is 0 Å². The highest BCUT2D eigenvalue weighted by Gasteiger charge is 2.17. The molecule has 0 aliphatic rings. The van der Waals surface area contributed by atoms with Crippen LogP contribution in [0.2, 0.25) is 0 Å². The summed E-state index contributed by atoms with van der Waals surface area (Å²) in [5, 5.41) is 4.51. The van der Waals surface area contributed by atoms with Crippen molar-refractivity contribution in [3.8, 4) is 39.9 Å². The van der Waals surface area contributed by atoms with Crippen LogP contribution in [0.15, 0.2) is 63.0 Å². The fourth-order valence-electron chi connectivity index (χ4n) is 3.03. The molecule has 0 bridgehead atoms. The molecule has 0 unspecified atom stereocenters. The van der Waals surface area contributed by atoms with Gasteiger partial charge in [-0.2, -0.15) is 4.98 Å². The van der Waals surface area contributed by atoms with Crippen LogP contribution < -0.4 is 19.8 Å². The van der Waals surface area contributed by atoms with Crippen LogP contribution in [0.25, 0.3) is 22.6 Å². The quantitative estimate of drug-likeness (QED) is 0.315. The lowest BCUT2D eigenvalue weighted by atomic mass is 10.1. The number of rotatable bonds is 8. The number of hydrogen-bond donors (Lipinski definition) is 1. The molecule has 0 aliphatic carbocycles. The van der Waals surface area contributed by atoms with E-state index in [0.717, 1.165) is 5.56 Å². The van der Waals surface area contributed by atoms with Gasteiger partial charge in [-0.15, -0.1) is 0 Å². The van der Waals surface area contributed by atoms with E-state index >= 15 is 0 Å². The van der Waals surface area contributed by atoms with Crippen molar-refractivity contribution in [3.63, 3.8) is 0 Å². The second-order valence-electron chi connectivity index (χ2n) is 6.52. The second-order valence-corrected chi connectivity index (χ2v) is 7.48. The van der Waals surface area contributed by atoms with E-state index in [9.17, 15) is 4.79 Å². The predicted molar refractivity (Wildman–Crippen MR) is 119 cm³/mol. The van der Waals surface area contributed by atoms with E-state index in [1.54, 1.807) is 12.1 Å². The molecule has 0 amide bonds. The number of ether oxygens (including phenoxy) is 3. The first-order valence-corrected chi connectivity index (χ1v) is 10.5. The first-order chi connectivity index (χ1) is 15.6. The zero-order chi connectivity index (χ0) is 22.5. The number of aromatic nitrogens is 4. The van der Waals surface area contributed by atoms with Gasteiger partial charge in [-0.25, -0.2) is 4.98 Å². The first-order valence-electron chi connectivity index (χ1n) is 9.54. The monoisotopic (exact) mass is 452 g/mol. The van der Waals surface area contributed by atoms with Crippen molar-refractivity contribution >= 4 is 11.8 Å². The van der Waals surface area contributed by atoms with Gasteiger partial charge in [0.05, 0.1) is 32.8 Å². The molecule has 0 atom stereocenters. The van der Waals surface area contributed by atoms with Crippen molar-refractivity contribution < 1.29 is 18.7 Å². The molecule has 0 aliphatic heterocycles. The van der Waals surface area contributed by atoms with Gasteiger partial charge in [0.15, 0.2) is 16.7 Å². The zero-order valence-corrected chi connectivity index (χ0v) is 18.4. The van der Waals surface area contributed by atoms with Gasteiger partial charge in [0, 0.05) is 17.2 Å². The van der Waals surface area contributed by atoms with Gasteiger partial charge < -0.3 is 23.7 Å². The second kappa shape index (κ2) is 9.56. The van der Waals surface area contributed by atoms with Gasteiger partial charge in [0.2, 0.25) is 17.5 Å². The van der Waals surface area contributed by atoms with Gasteiger partial charge in [0.25, 0.3) is 5.56 Å². The van der Waals surface area contributed by atoms with Crippen molar-refractivity contribution in [2.75, 3.05) is 21.3 Å². The number of H-pyrrole nitrogens is 1. The number of thioether (sulfide) groups is 1. The highest BCUT2D eigenvalue weighted by molar-refractivity contribution is 7.98. The van der Waals surface area contributed by atoms with Crippen molar-refractivity contribution in [1.29, 1.82) is 0 Å². The maximum absolute atomic E-state index is 12.1. The van der Waals surface area contributed by atoms with Crippen molar-refractivity contribution in [2.24, 2.45) is 0 Å². The number of nitrogens with one attached hydrogen (secondary N) is 1. The molecule has 1 N–H and O–H groups in total. The normalized spacial score (nSPS) is 10.7. The number of hydrogen-bond acceptors (Lipinski definition) is 9. The largest absolute Gasteiger partial charge is 0.493 e. The van der Waals surface area contributed by atoms with E-state index in [0.29, 0.717) is 51.1 Å². The molecular weight excluding hydrogens is 432 g/mol. The third-order valence-electron chi connectivity index (χ3n) is 4.51. The molecule has 9 nitrogen and oxygen atoms in total. The fourth-order valence-corrected chi connectivity index (χ4v) is 3.74. The van der Waals surface area contributed by atoms with E-state index in [1.165, 1.54) is 39.2 Å². The maximum Gasteiger partial charge on any atom is 0.252 e. The summed E-state index contributed by atoms with van der Waals surface area (Å²) in [7, 11) is 4.61. The number of aromatic amines is 1. The number of nitrogens with zero attached hydrogens (tertiary/aromatic N) is 3. The Morgan fingerprint density at radius 1 is 0.938 bits per heavy atom. The summed E-state index contributed by atoms with van der Waals surface area (Å²) in [5.41, 5.74) is 1.88. The van der Waals surface area contributed by atoms with Crippen LogP contribution >= 0.6 is 11.8 Å². The summed E-state index contributed by atoms with van der Waals surface area (Å²) in [4.78, 5) is 23.7. The van der Waals surface area contributed by atoms with Gasteiger partial charge in [-0.1, -0.05) is 47.3 Å². The van der Waals surface area contributed by atoms with Crippen LogP contribution in [0.3, 0.4) is 0 Å². The Kier molecular flexibility index (Phi) is 6.41. The molecule has 0 spiro atoms.